The van der Waals surface area contributed by atoms with Gasteiger partial charge < -0.3 is 10.1 Å². The Bertz CT molecular complexity index is 400. The third-order valence-corrected chi connectivity index (χ3v) is 2.70. The van der Waals surface area contributed by atoms with Crippen LogP contribution in [0.4, 0.5) is 10.5 Å². The molecule has 1 aromatic rings. The summed E-state index contributed by atoms with van der Waals surface area (Å²) in [5.74, 6) is 2.11. The lowest BCUT2D eigenvalue weighted by atomic mass is 10.3. The topological polar surface area (TPSA) is 50.7 Å². The number of amidine groups is 1. The molecule has 1 N–H and O–H groups in total. The monoisotopic (exact) mass is 222 g/mol. The Labute approximate surface area is 91.7 Å². The Morgan fingerprint density at radius 1 is 1.40 bits per heavy atom. The molecule has 0 radical (unpaired) electrons. The molecule has 15 heavy (non-hydrogen) atoms. The van der Waals surface area contributed by atoms with E-state index in [0.717, 1.165) is 11.4 Å². The average molecular weight is 222 g/mol. The molecule has 0 aliphatic carbocycles. The number of nitrogens with one attached hydrogen (secondary N) is 1. The Kier molecular flexibility index (Phi) is 2.91. The number of thioether (sulfide) groups is 1. The first kappa shape index (κ1) is 10.0. The molecule has 4 nitrogen and oxygen atoms in total. The van der Waals surface area contributed by atoms with Crippen LogP contribution in [0.2, 0.25) is 0 Å². The number of rotatable bonds is 2. The van der Waals surface area contributed by atoms with E-state index in [-0.39, 0.29) is 5.24 Å². The summed E-state index contributed by atoms with van der Waals surface area (Å²) in [6.45, 7) is 0. The van der Waals surface area contributed by atoms with Gasteiger partial charge in [0, 0.05) is 0 Å². The maximum Gasteiger partial charge on any atom is 0.284 e. The molecule has 1 fully saturated rings. The van der Waals surface area contributed by atoms with Gasteiger partial charge in [0.05, 0.1) is 18.6 Å². The molecule has 0 bridgehead atoms. The molecular weight excluding hydrogens is 212 g/mol. The minimum Gasteiger partial charge on any atom is -0.497 e. The van der Waals surface area contributed by atoms with Crippen molar-refractivity contribution in [1.82, 2.24) is 5.32 Å². The van der Waals surface area contributed by atoms with Crippen molar-refractivity contribution < 1.29 is 9.53 Å². The fourth-order valence-electron chi connectivity index (χ4n) is 1.20. The van der Waals surface area contributed by atoms with Crippen molar-refractivity contribution in [1.29, 1.82) is 0 Å². The molecule has 0 aromatic heterocycles. The molecule has 1 amide bonds. The second-order valence-corrected chi connectivity index (χ2v) is 3.91. The normalized spacial score (nSPS) is 17.9. The largest absolute Gasteiger partial charge is 0.497 e. The molecular formula is C10H10N2O2S. The minimum absolute atomic E-state index is 0.0396. The van der Waals surface area contributed by atoms with Crippen LogP contribution in [0.15, 0.2) is 29.3 Å². The quantitative estimate of drug-likeness (QED) is 0.834. The van der Waals surface area contributed by atoms with E-state index >= 15 is 0 Å². The highest BCUT2D eigenvalue weighted by molar-refractivity contribution is 8.14. The van der Waals surface area contributed by atoms with Gasteiger partial charge in [-0.05, 0) is 24.3 Å². The number of hydrogen-bond acceptors (Lipinski definition) is 4. The number of aliphatic imine (C=N–C) groups is 1. The number of carbonyl (C=O) groups excluding carboxylic acids is 1. The lowest BCUT2D eigenvalue weighted by Crippen LogP contribution is -2.18. The maximum atomic E-state index is 10.9. The minimum atomic E-state index is -0.0396. The van der Waals surface area contributed by atoms with Crippen LogP contribution in [-0.2, 0) is 0 Å². The predicted molar refractivity (Wildman–Crippen MR) is 61.1 cm³/mol. The zero-order valence-electron chi connectivity index (χ0n) is 8.19. The first-order chi connectivity index (χ1) is 7.28. The zero-order chi connectivity index (χ0) is 10.7. The number of amides is 1. The molecule has 2 rings (SSSR count). The second-order valence-electron chi connectivity index (χ2n) is 2.96. The van der Waals surface area contributed by atoms with Crippen LogP contribution in [0, 0.1) is 0 Å². The van der Waals surface area contributed by atoms with Crippen LogP contribution in [0.25, 0.3) is 0 Å². The van der Waals surface area contributed by atoms with Gasteiger partial charge in [-0.1, -0.05) is 11.8 Å². The summed E-state index contributed by atoms with van der Waals surface area (Å²) in [6.07, 6.45) is 0. The standard InChI is InChI=1S/C10H10N2O2S/c1-14-8-4-2-7(3-5-8)11-9-6-15-10(13)12-9/h2-5H,6H2,1H3,(H,11,12,13). The van der Waals surface area contributed by atoms with Gasteiger partial charge in [0.15, 0.2) is 0 Å². The molecule has 5 heteroatoms. The fraction of sp³-hybridized carbons (Fsp3) is 0.200. The smallest absolute Gasteiger partial charge is 0.284 e. The molecule has 1 aliphatic rings. The maximum absolute atomic E-state index is 10.9. The predicted octanol–water partition coefficient (Wildman–Crippen LogP) is 2.18. The molecule has 0 atom stereocenters. The van der Waals surface area contributed by atoms with Crippen LogP contribution >= 0.6 is 11.8 Å². The number of benzene rings is 1. The highest BCUT2D eigenvalue weighted by Crippen LogP contribution is 2.19. The van der Waals surface area contributed by atoms with Gasteiger partial charge in [0.2, 0.25) is 0 Å². The van der Waals surface area contributed by atoms with Crippen molar-refractivity contribution in [2.24, 2.45) is 4.99 Å². The first-order valence-electron chi connectivity index (χ1n) is 4.43. The van der Waals surface area contributed by atoms with Gasteiger partial charge in [-0.3, -0.25) is 4.79 Å². The van der Waals surface area contributed by atoms with Crippen molar-refractivity contribution in [2.75, 3.05) is 12.9 Å². The van der Waals surface area contributed by atoms with Gasteiger partial charge >= 0.3 is 0 Å². The van der Waals surface area contributed by atoms with Gasteiger partial charge in [-0.2, -0.15) is 0 Å². The van der Waals surface area contributed by atoms with E-state index < -0.39 is 0 Å². The number of carbonyl (C=O) groups is 1. The van der Waals surface area contributed by atoms with E-state index in [1.54, 1.807) is 7.11 Å². The summed E-state index contributed by atoms with van der Waals surface area (Å²) in [5.41, 5.74) is 0.814. The van der Waals surface area contributed by atoms with Gasteiger partial charge in [-0.25, -0.2) is 4.99 Å². The fourth-order valence-corrected chi connectivity index (χ4v) is 1.79. The highest BCUT2D eigenvalue weighted by atomic mass is 32.2. The zero-order valence-corrected chi connectivity index (χ0v) is 9.00. The number of methoxy groups -OCH3 is 1. The van der Waals surface area contributed by atoms with Crippen LogP contribution in [0.5, 0.6) is 5.75 Å². The Morgan fingerprint density at radius 3 is 2.67 bits per heavy atom. The van der Waals surface area contributed by atoms with Gasteiger partial charge in [0.1, 0.15) is 11.6 Å². The van der Waals surface area contributed by atoms with Crippen molar-refractivity contribution in [2.45, 2.75) is 0 Å². The van der Waals surface area contributed by atoms with E-state index in [2.05, 4.69) is 10.3 Å². The molecule has 1 aromatic carbocycles. The average Bonchev–Trinajstić information content (AvgIpc) is 2.65. The van der Waals surface area contributed by atoms with E-state index in [1.807, 2.05) is 24.3 Å². The summed E-state index contributed by atoms with van der Waals surface area (Å²) in [7, 11) is 1.62. The summed E-state index contributed by atoms with van der Waals surface area (Å²) in [5, 5.41) is 2.63. The third kappa shape index (κ3) is 2.50. The van der Waals surface area contributed by atoms with E-state index in [9.17, 15) is 4.79 Å². The van der Waals surface area contributed by atoms with Crippen LogP contribution in [0.1, 0.15) is 0 Å². The lowest BCUT2D eigenvalue weighted by molar-refractivity contribution is 0.265. The van der Waals surface area contributed by atoms with Crippen LogP contribution in [-0.4, -0.2) is 23.9 Å². The SMILES string of the molecule is COc1ccc(N=C2CSC(=O)N2)cc1. The second kappa shape index (κ2) is 4.35. The highest BCUT2D eigenvalue weighted by Gasteiger charge is 2.15. The molecule has 0 saturated carbocycles. The molecule has 0 unspecified atom stereocenters. The van der Waals surface area contributed by atoms with Crippen LogP contribution < -0.4 is 10.1 Å². The number of hydrogen-bond donors (Lipinski definition) is 1. The van der Waals surface area contributed by atoms with Crippen molar-refractivity contribution in [3.8, 4) is 5.75 Å². The van der Waals surface area contributed by atoms with Crippen molar-refractivity contribution >= 4 is 28.5 Å². The summed E-state index contributed by atoms with van der Waals surface area (Å²) in [6, 6.07) is 7.37. The molecule has 1 heterocycles. The lowest BCUT2D eigenvalue weighted by Gasteiger charge is -2.00. The van der Waals surface area contributed by atoms with Gasteiger partial charge in [0.25, 0.3) is 5.24 Å². The van der Waals surface area contributed by atoms with E-state index in [0.29, 0.717) is 11.6 Å². The van der Waals surface area contributed by atoms with E-state index in [4.69, 9.17) is 4.74 Å². The van der Waals surface area contributed by atoms with E-state index in [1.165, 1.54) is 11.8 Å². The first-order valence-corrected chi connectivity index (χ1v) is 5.42. The van der Waals surface area contributed by atoms with Crippen molar-refractivity contribution in [3.05, 3.63) is 24.3 Å². The molecule has 1 saturated heterocycles. The van der Waals surface area contributed by atoms with Gasteiger partial charge in [-0.15, -0.1) is 0 Å². The Hall–Kier alpha value is -1.49. The third-order valence-electron chi connectivity index (χ3n) is 1.92. The van der Waals surface area contributed by atoms with Crippen LogP contribution in [0.3, 0.4) is 0 Å². The summed E-state index contributed by atoms with van der Waals surface area (Å²) in [4.78, 5) is 15.2. The number of nitrogens with zero attached hydrogens (tertiary/aromatic N) is 1. The number of ether oxygens (including phenoxy) is 1. The summed E-state index contributed by atoms with van der Waals surface area (Å²) >= 11 is 1.23. The Morgan fingerprint density at radius 2 is 2.13 bits per heavy atom. The molecule has 0 spiro atoms. The molecule has 1 aliphatic heterocycles. The van der Waals surface area contributed by atoms with Crippen molar-refractivity contribution in [3.63, 3.8) is 0 Å². The molecule has 78 valence electrons. The summed E-state index contributed by atoms with van der Waals surface area (Å²) < 4.78 is 5.03. The Balaban J connectivity index is 2.13.